The van der Waals surface area contributed by atoms with Crippen molar-refractivity contribution >= 4 is 27.8 Å². The van der Waals surface area contributed by atoms with Crippen LogP contribution in [0.1, 0.15) is 0 Å². The standard InChI is InChI=1S/C4H3Cl2N/c1-2-3-7-4(5)6/h1H,3H2. The molecule has 0 saturated heterocycles. The second-order valence-corrected chi connectivity index (χ2v) is 1.67. The first-order chi connectivity index (χ1) is 3.27. The molecular weight excluding hydrogens is 133 g/mol. The highest BCUT2D eigenvalue weighted by Crippen LogP contribution is 1.89. The van der Waals surface area contributed by atoms with E-state index in [2.05, 4.69) is 10.9 Å². The maximum Gasteiger partial charge on any atom is 0.192 e. The summed E-state index contributed by atoms with van der Waals surface area (Å²) in [6, 6.07) is 0. The van der Waals surface area contributed by atoms with Gasteiger partial charge in [-0.1, -0.05) is 5.92 Å². The molecule has 0 fully saturated rings. The van der Waals surface area contributed by atoms with Gasteiger partial charge in [0.25, 0.3) is 0 Å². The lowest BCUT2D eigenvalue weighted by molar-refractivity contribution is 1.31. The van der Waals surface area contributed by atoms with Crippen LogP contribution < -0.4 is 0 Å². The lowest BCUT2D eigenvalue weighted by Gasteiger charge is -1.75. The average Bonchev–Trinajstić information content (AvgIpc) is 1.61. The summed E-state index contributed by atoms with van der Waals surface area (Å²) in [5, 5.41) is 0. The lowest BCUT2D eigenvalue weighted by atomic mass is 10.7. The van der Waals surface area contributed by atoms with E-state index in [0.717, 1.165) is 0 Å². The number of hydrogen-bond acceptors (Lipinski definition) is 1. The van der Waals surface area contributed by atoms with Crippen LogP contribution in [0.15, 0.2) is 4.99 Å². The van der Waals surface area contributed by atoms with Gasteiger partial charge in [-0.2, -0.15) is 0 Å². The summed E-state index contributed by atoms with van der Waals surface area (Å²) in [6.07, 6.45) is 4.80. The van der Waals surface area contributed by atoms with E-state index >= 15 is 0 Å². The third kappa shape index (κ3) is 5.81. The minimum Gasteiger partial charge on any atom is -0.250 e. The summed E-state index contributed by atoms with van der Waals surface area (Å²) < 4.78 is -0.0158. The normalized spacial score (nSPS) is 7.00. The molecule has 0 bridgehead atoms. The van der Waals surface area contributed by atoms with Crippen LogP contribution in [-0.2, 0) is 0 Å². The van der Waals surface area contributed by atoms with Crippen molar-refractivity contribution in [2.45, 2.75) is 0 Å². The van der Waals surface area contributed by atoms with Crippen LogP contribution in [-0.4, -0.2) is 11.2 Å². The summed E-state index contributed by atoms with van der Waals surface area (Å²) in [5.41, 5.74) is 0. The van der Waals surface area contributed by atoms with Gasteiger partial charge in [-0.15, -0.1) is 6.42 Å². The molecule has 0 aliphatic rings. The second kappa shape index (κ2) is 3.98. The molecule has 0 N–H and O–H groups in total. The SMILES string of the molecule is C#CCN=C(Cl)Cl. The van der Waals surface area contributed by atoms with Crippen LogP contribution in [0.2, 0.25) is 0 Å². The van der Waals surface area contributed by atoms with Gasteiger partial charge in [-0.05, 0) is 23.2 Å². The van der Waals surface area contributed by atoms with Gasteiger partial charge in [0.1, 0.15) is 6.54 Å². The molecule has 0 atom stereocenters. The Morgan fingerprint density at radius 1 is 1.71 bits per heavy atom. The Morgan fingerprint density at radius 3 is 2.43 bits per heavy atom. The van der Waals surface area contributed by atoms with Gasteiger partial charge in [0.2, 0.25) is 0 Å². The molecule has 0 aromatic heterocycles. The van der Waals surface area contributed by atoms with Crippen LogP contribution in [0.4, 0.5) is 0 Å². The Morgan fingerprint density at radius 2 is 2.29 bits per heavy atom. The van der Waals surface area contributed by atoms with E-state index in [1.807, 2.05) is 0 Å². The number of halogens is 2. The van der Waals surface area contributed by atoms with Crippen molar-refractivity contribution in [3.8, 4) is 12.3 Å². The molecule has 0 radical (unpaired) electrons. The van der Waals surface area contributed by atoms with E-state index in [4.69, 9.17) is 29.6 Å². The van der Waals surface area contributed by atoms with E-state index < -0.39 is 0 Å². The van der Waals surface area contributed by atoms with Crippen molar-refractivity contribution in [1.29, 1.82) is 0 Å². The van der Waals surface area contributed by atoms with Gasteiger partial charge in [0.05, 0.1) is 0 Å². The third-order valence-corrected chi connectivity index (χ3v) is 0.529. The molecule has 0 aliphatic heterocycles. The topological polar surface area (TPSA) is 12.4 Å². The molecule has 0 heterocycles. The van der Waals surface area contributed by atoms with Gasteiger partial charge in [-0.25, -0.2) is 4.99 Å². The summed E-state index contributed by atoms with van der Waals surface area (Å²) in [7, 11) is 0. The Balaban J connectivity index is 3.32. The van der Waals surface area contributed by atoms with Crippen molar-refractivity contribution in [2.75, 3.05) is 6.54 Å². The van der Waals surface area contributed by atoms with Crippen molar-refractivity contribution in [1.82, 2.24) is 0 Å². The third-order valence-electron chi connectivity index (χ3n) is 0.290. The zero-order chi connectivity index (χ0) is 5.70. The number of nitrogens with zero attached hydrogens (tertiary/aromatic N) is 1. The fraction of sp³-hybridized carbons (Fsp3) is 0.250. The molecule has 38 valence electrons. The summed E-state index contributed by atoms with van der Waals surface area (Å²) in [6.45, 7) is 0.252. The van der Waals surface area contributed by atoms with Crippen LogP contribution in [0.3, 0.4) is 0 Å². The fourth-order valence-electron chi connectivity index (χ4n) is 0.105. The summed E-state index contributed by atoms with van der Waals surface area (Å²) >= 11 is 10.2. The zero-order valence-electron chi connectivity index (χ0n) is 3.49. The average molecular weight is 136 g/mol. The Hall–Kier alpha value is -0.190. The summed E-state index contributed by atoms with van der Waals surface area (Å²) in [5.74, 6) is 2.24. The van der Waals surface area contributed by atoms with Gasteiger partial charge in [0.15, 0.2) is 4.63 Å². The van der Waals surface area contributed by atoms with Crippen LogP contribution >= 0.6 is 23.2 Å². The van der Waals surface area contributed by atoms with E-state index in [1.54, 1.807) is 0 Å². The molecule has 1 nitrogen and oxygen atoms in total. The molecule has 0 saturated carbocycles. The fourth-order valence-corrected chi connectivity index (χ4v) is 0.225. The van der Waals surface area contributed by atoms with E-state index in [0.29, 0.717) is 0 Å². The number of hydrogen-bond donors (Lipinski definition) is 0. The molecule has 3 heteroatoms. The minimum atomic E-state index is -0.0158. The molecule has 0 aromatic rings. The monoisotopic (exact) mass is 135 g/mol. The molecule has 0 unspecified atom stereocenters. The first kappa shape index (κ1) is 6.81. The molecule has 0 spiro atoms. The molecule has 0 aromatic carbocycles. The number of aliphatic imine (C=N–C) groups is 1. The predicted octanol–water partition coefficient (Wildman–Crippen LogP) is 1.45. The highest BCUT2D eigenvalue weighted by Gasteiger charge is 1.77. The van der Waals surface area contributed by atoms with E-state index in [-0.39, 0.29) is 11.2 Å². The van der Waals surface area contributed by atoms with Crippen LogP contribution in [0, 0.1) is 12.3 Å². The number of terminal acetylenes is 1. The predicted molar refractivity (Wildman–Crippen MR) is 32.8 cm³/mol. The Labute approximate surface area is 52.3 Å². The molecular formula is C4H3Cl2N. The second-order valence-electron chi connectivity index (χ2n) is 0.761. The largest absolute Gasteiger partial charge is 0.250 e. The van der Waals surface area contributed by atoms with Crippen molar-refractivity contribution in [2.24, 2.45) is 4.99 Å². The molecule has 0 rings (SSSR count). The maximum absolute atomic E-state index is 5.08. The van der Waals surface area contributed by atoms with E-state index in [9.17, 15) is 0 Å². The number of rotatable bonds is 1. The van der Waals surface area contributed by atoms with Crippen molar-refractivity contribution in [3.05, 3.63) is 0 Å². The van der Waals surface area contributed by atoms with Crippen LogP contribution in [0.25, 0.3) is 0 Å². The van der Waals surface area contributed by atoms with Gasteiger partial charge in [0, 0.05) is 0 Å². The quantitative estimate of drug-likeness (QED) is 0.382. The van der Waals surface area contributed by atoms with Crippen LogP contribution in [0.5, 0.6) is 0 Å². The van der Waals surface area contributed by atoms with Gasteiger partial charge in [-0.3, -0.25) is 0 Å². The zero-order valence-corrected chi connectivity index (χ0v) is 5.00. The molecule has 0 amide bonds. The first-order valence-electron chi connectivity index (χ1n) is 1.56. The molecule has 0 aliphatic carbocycles. The maximum atomic E-state index is 5.08. The molecule has 7 heavy (non-hydrogen) atoms. The van der Waals surface area contributed by atoms with Gasteiger partial charge < -0.3 is 0 Å². The van der Waals surface area contributed by atoms with Crippen molar-refractivity contribution in [3.63, 3.8) is 0 Å². The minimum absolute atomic E-state index is 0.0158. The first-order valence-corrected chi connectivity index (χ1v) is 2.32. The Bertz CT molecular complexity index is 107. The van der Waals surface area contributed by atoms with E-state index in [1.165, 1.54) is 0 Å². The Kier molecular flexibility index (Phi) is 3.87. The highest BCUT2D eigenvalue weighted by atomic mass is 35.5. The highest BCUT2D eigenvalue weighted by molar-refractivity contribution is 6.95. The smallest absolute Gasteiger partial charge is 0.192 e. The lowest BCUT2D eigenvalue weighted by Crippen LogP contribution is -1.73. The summed E-state index contributed by atoms with van der Waals surface area (Å²) in [4.78, 5) is 3.45. The van der Waals surface area contributed by atoms with Crippen molar-refractivity contribution < 1.29 is 0 Å². The van der Waals surface area contributed by atoms with Gasteiger partial charge >= 0.3 is 0 Å².